The molecule has 1 aliphatic heterocycles. The molecule has 0 bridgehead atoms. The molecule has 1 saturated heterocycles. The van der Waals surface area contributed by atoms with E-state index in [2.05, 4.69) is 10.6 Å². The third-order valence-corrected chi connectivity index (χ3v) is 4.35. The van der Waals surface area contributed by atoms with Gasteiger partial charge in [0.15, 0.2) is 6.10 Å². The van der Waals surface area contributed by atoms with E-state index in [-0.39, 0.29) is 17.9 Å². The molecule has 142 valence electrons. The van der Waals surface area contributed by atoms with Crippen molar-refractivity contribution in [2.24, 2.45) is 0 Å². The Morgan fingerprint density at radius 3 is 2.56 bits per heavy atom. The van der Waals surface area contributed by atoms with Crippen LogP contribution in [0.3, 0.4) is 0 Å². The number of ether oxygens (including phenoxy) is 2. The van der Waals surface area contributed by atoms with E-state index in [1.807, 2.05) is 18.2 Å². The Balaban J connectivity index is 1.49. The first kappa shape index (κ1) is 18.9. The maximum absolute atomic E-state index is 12.3. The molecule has 2 aromatic rings. The van der Waals surface area contributed by atoms with Gasteiger partial charge in [0.05, 0.1) is 6.10 Å². The molecule has 1 fully saturated rings. The lowest BCUT2D eigenvalue weighted by Gasteiger charge is -2.15. The number of amides is 2. The Morgan fingerprint density at radius 2 is 1.89 bits per heavy atom. The van der Waals surface area contributed by atoms with Crippen LogP contribution in [0.5, 0.6) is 5.75 Å². The summed E-state index contributed by atoms with van der Waals surface area (Å²) in [5.74, 6) is 0.233. The normalized spacial score (nSPS) is 17.1. The lowest BCUT2D eigenvalue weighted by molar-refractivity contribution is -0.122. The van der Waals surface area contributed by atoms with E-state index in [1.54, 1.807) is 43.3 Å². The van der Waals surface area contributed by atoms with Gasteiger partial charge in [-0.2, -0.15) is 0 Å². The molecule has 6 nitrogen and oxygen atoms in total. The Labute approximate surface area is 158 Å². The Kier molecular flexibility index (Phi) is 6.44. The van der Waals surface area contributed by atoms with Gasteiger partial charge in [0.25, 0.3) is 11.8 Å². The topological polar surface area (TPSA) is 76.7 Å². The Hall–Kier alpha value is -2.86. The molecule has 6 heteroatoms. The van der Waals surface area contributed by atoms with E-state index in [4.69, 9.17) is 9.47 Å². The minimum Gasteiger partial charge on any atom is -0.481 e. The quantitative estimate of drug-likeness (QED) is 0.788. The van der Waals surface area contributed by atoms with Crippen LogP contribution in [0.4, 0.5) is 5.69 Å². The highest BCUT2D eigenvalue weighted by Crippen LogP contribution is 2.14. The van der Waals surface area contributed by atoms with Crippen molar-refractivity contribution in [2.45, 2.75) is 32.0 Å². The number of rotatable bonds is 7. The van der Waals surface area contributed by atoms with E-state index in [0.717, 1.165) is 19.4 Å². The van der Waals surface area contributed by atoms with E-state index in [1.165, 1.54) is 0 Å². The molecule has 0 unspecified atom stereocenters. The standard InChI is InChI=1S/C21H24N2O4/c1-15(27-18-6-3-2-4-7-18)20(24)23-17-11-9-16(10-12-17)21(25)22-14-19-8-5-13-26-19/h2-4,6-7,9-12,15,19H,5,8,13-14H2,1H3,(H,22,25)(H,23,24)/t15-,19-/m0/s1. The predicted octanol–water partition coefficient (Wildman–Crippen LogP) is 3.00. The second kappa shape index (κ2) is 9.19. The molecule has 0 saturated carbocycles. The van der Waals surface area contributed by atoms with Gasteiger partial charge in [0.1, 0.15) is 5.75 Å². The van der Waals surface area contributed by atoms with Gasteiger partial charge in [-0.05, 0) is 56.2 Å². The van der Waals surface area contributed by atoms with Crippen LogP contribution < -0.4 is 15.4 Å². The van der Waals surface area contributed by atoms with Gasteiger partial charge in [-0.1, -0.05) is 18.2 Å². The molecule has 2 N–H and O–H groups in total. The fourth-order valence-electron chi connectivity index (χ4n) is 2.82. The van der Waals surface area contributed by atoms with Crippen molar-refractivity contribution >= 4 is 17.5 Å². The lowest BCUT2D eigenvalue weighted by atomic mass is 10.1. The summed E-state index contributed by atoms with van der Waals surface area (Å²) in [6.45, 7) is 2.97. The lowest BCUT2D eigenvalue weighted by Crippen LogP contribution is -2.32. The summed E-state index contributed by atoms with van der Waals surface area (Å²) >= 11 is 0. The van der Waals surface area contributed by atoms with Crippen molar-refractivity contribution < 1.29 is 19.1 Å². The average Bonchev–Trinajstić information content (AvgIpc) is 3.21. The summed E-state index contributed by atoms with van der Waals surface area (Å²) in [6.07, 6.45) is 1.50. The number of hydrogen-bond acceptors (Lipinski definition) is 4. The van der Waals surface area contributed by atoms with Gasteiger partial charge in [-0.3, -0.25) is 9.59 Å². The highest BCUT2D eigenvalue weighted by molar-refractivity contribution is 5.96. The van der Waals surface area contributed by atoms with Crippen LogP contribution in [0.15, 0.2) is 54.6 Å². The van der Waals surface area contributed by atoms with Gasteiger partial charge < -0.3 is 20.1 Å². The first-order chi connectivity index (χ1) is 13.1. The second-order valence-electron chi connectivity index (χ2n) is 6.48. The molecule has 0 aromatic heterocycles. The molecule has 1 heterocycles. The summed E-state index contributed by atoms with van der Waals surface area (Å²) in [7, 11) is 0. The SMILES string of the molecule is C[C@H](Oc1ccccc1)C(=O)Nc1ccc(C(=O)NC[C@@H]2CCCO2)cc1. The van der Waals surface area contributed by atoms with Crippen molar-refractivity contribution in [1.29, 1.82) is 0 Å². The first-order valence-electron chi connectivity index (χ1n) is 9.14. The maximum Gasteiger partial charge on any atom is 0.265 e. The second-order valence-corrected chi connectivity index (χ2v) is 6.48. The summed E-state index contributed by atoms with van der Waals surface area (Å²) in [4.78, 5) is 24.4. The molecule has 0 radical (unpaired) electrons. The van der Waals surface area contributed by atoms with Crippen molar-refractivity contribution in [3.8, 4) is 5.75 Å². The minimum absolute atomic E-state index is 0.110. The zero-order valence-electron chi connectivity index (χ0n) is 15.3. The Bertz CT molecular complexity index is 756. The number of nitrogens with one attached hydrogen (secondary N) is 2. The number of carbonyl (C=O) groups is 2. The van der Waals surface area contributed by atoms with Crippen LogP contribution in [0.2, 0.25) is 0 Å². The van der Waals surface area contributed by atoms with Crippen LogP contribution in [0.25, 0.3) is 0 Å². The summed E-state index contributed by atoms with van der Waals surface area (Å²) < 4.78 is 11.1. The molecule has 1 aliphatic rings. The largest absolute Gasteiger partial charge is 0.481 e. The zero-order valence-corrected chi connectivity index (χ0v) is 15.3. The predicted molar refractivity (Wildman–Crippen MR) is 103 cm³/mol. The fraction of sp³-hybridized carbons (Fsp3) is 0.333. The van der Waals surface area contributed by atoms with Crippen molar-refractivity contribution in [2.75, 3.05) is 18.5 Å². The number of benzene rings is 2. The molecular formula is C21H24N2O4. The van der Waals surface area contributed by atoms with Crippen molar-refractivity contribution in [1.82, 2.24) is 5.32 Å². The van der Waals surface area contributed by atoms with Crippen LogP contribution in [-0.4, -0.2) is 37.2 Å². The maximum atomic E-state index is 12.3. The molecular weight excluding hydrogens is 344 g/mol. The third-order valence-electron chi connectivity index (χ3n) is 4.35. The van der Waals surface area contributed by atoms with Crippen LogP contribution in [-0.2, 0) is 9.53 Å². The molecule has 0 aliphatic carbocycles. The van der Waals surface area contributed by atoms with Crippen molar-refractivity contribution in [3.05, 3.63) is 60.2 Å². The van der Waals surface area contributed by atoms with E-state index in [9.17, 15) is 9.59 Å². The van der Waals surface area contributed by atoms with Gasteiger partial charge in [-0.25, -0.2) is 0 Å². The van der Waals surface area contributed by atoms with Crippen molar-refractivity contribution in [3.63, 3.8) is 0 Å². The van der Waals surface area contributed by atoms with Crippen LogP contribution >= 0.6 is 0 Å². The van der Waals surface area contributed by atoms with Gasteiger partial charge in [0.2, 0.25) is 0 Å². The third kappa shape index (κ3) is 5.56. The Morgan fingerprint density at radius 1 is 1.15 bits per heavy atom. The minimum atomic E-state index is -0.637. The van der Waals surface area contributed by atoms with E-state index < -0.39 is 6.10 Å². The highest BCUT2D eigenvalue weighted by Gasteiger charge is 2.17. The molecule has 2 amide bonds. The summed E-state index contributed by atoms with van der Waals surface area (Å²) in [5, 5.41) is 5.66. The molecule has 0 spiro atoms. The molecule has 27 heavy (non-hydrogen) atoms. The number of carbonyl (C=O) groups excluding carboxylic acids is 2. The summed E-state index contributed by atoms with van der Waals surface area (Å²) in [5.41, 5.74) is 1.15. The van der Waals surface area contributed by atoms with Crippen LogP contribution in [0, 0.1) is 0 Å². The van der Waals surface area contributed by atoms with Gasteiger partial charge in [-0.15, -0.1) is 0 Å². The fourth-order valence-corrected chi connectivity index (χ4v) is 2.82. The van der Waals surface area contributed by atoms with Gasteiger partial charge in [0, 0.05) is 24.4 Å². The molecule has 2 atom stereocenters. The highest BCUT2D eigenvalue weighted by atomic mass is 16.5. The first-order valence-corrected chi connectivity index (χ1v) is 9.14. The molecule has 2 aromatic carbocycles. The summed E-state index contributed by atoms with van der Waals surface area (Å²) in [6, 6.07) is 16.0. The number of hydrogen-bond donors (Lipinski definition) is 2. The number of anilines is 1. The van der Waals surface area contributed by atoms with E-state index >= 15 is 0 Å². The monoisotopic (exact) mass is 368 g/mol. The molecule has 3 rings (SSSR count). The van der Waals surface area contributed by atoms with E-state index in [0.29, 0.717) is 23.5 Å². The van der Waals surface area contributed by atoms with Gasteiger partial charge >= 0.3 is 0 Å². The average molecular weight is 368 g/mol. The van der Waals surface area contributed by atoms with Crippen LogP contribution in [0.1, 0.15) is 30.1 Å². The number of para-hydroxylation sites is 1. The smallest absolute Gasteiger partial charge is 0.265 e. The zero-order chi connectivity index (χ0) is 19.1.